The van der Waals surface area contributed by atoms with E-state index in [1.54, 1.807) is 54.6 Å². The van der Waals surface area contributed by atoms with Crippen LogP contribution in [-0.4, -0.2) is 21.9 Å². The number of para-hydroxylation sites is 2. The molecule has 0 aromatic heterocycles. The average molecular weight is 517 g/mol. The predicted molar refractivity (Wildman–Crippen MR) is 130 cm³/mol. The van der Waals surface area contributed by atoms with Crippen LogP contribution in [-0.2, 0) is 0 Å². The maximum atomic E-state index is 13.0. The smallest absolute Gasteiger partial charge is 0.336 e. The quantitative estimate of drug-likeness (QED) is 0.195. The number of hydrogen-bond acceptors (Lipinski definition) is 8. The van der Waals surface area contributed by atoms with Crippen LogP contribution in [0.1, 0.15) is 20.7 Å². The fourth-order valence-electron chi connectivity index (χ4n) is 3.19. The molecule has 4 aromatic carbocycles. The van der Waals surface area contributed by atoms with E-state index >= 15 is 0 Å². The minimum Gasteiger partial charge on any atom is -0.872 e. The molecule has 8 nitrogen and oxygen atoms in total. The van der Waals surface area contributed by atoms with E-state index < -0.39 is 11.9 Å². The van der Waals surface area contributed by atoms with Crippen LogP contribution in [0.5, 0.6) is 5.75 Å². The highest BCUT2D eigenvalue weighted by Crippen LogP contribution is 2.39. The fraction of sp³-hybridized carbons (Fsp3) is 0. The number of carboxylic acid groups (broad SMARTS) is 2. The van der Waals surface area contributed by atoms with Crippen LogP contribution < -0.4 is 10.2 Å². The van der Waals surface area contributed by atoms with E-state index in [9.17, 15) is 30.1 Å². The van der Waals surface area contributed by atoms with Crippen molar-refractivity contribution in [3.8, 4) is 5.75 Å². The standard InChI is InChI=1S/C26H18N2O6S2/c29-20-9-3-6-12-23(20)36-24-15-16(13-14-18(24)26(32)33)27-28(34)19-8-2-5-11-22(19)35-21-10-4-1-7-17(21)25(30)31/h1-15,29H,(H,30,31)(H,32,33)/p-2. The SMILES string of the molecule is O=C([O-])c1ccccc1Sc1ccccc1[N+]([O-])=Nc1ccc(C(=O)O)c(Sc2ccccc2[O-])c1. The molecule has 1 N–H and O–H groups in total. The first-order valence-electron chi connectivity index (χ1n) is 10.4. The molecule has 0 atom stereocenters. The molecule has 0 aliphatic heterocycles. The minimum absolute atomic E-state index is 0.00345. The first-order valence-corrected chi connectivity index (χ1v) is 12.0. The molecule has 0 radical (unpaired) electrons. The Kier molecular flexibility index (Phi) is 7.57. The maximum Gasteiger partial charge on any atom is 0.336 e. The zero-order valence-corrected chi connectivity index (χ0v) is 20.0. The second-order valence-corrected chi connectivity index (χ2v) is 9.43. The van der Waals surface area contributed by atoms with Crippen LogP contribution in [0.25, 0.3) is 0 Å². The number of aromatic carboxylic acids is 2. The Bertz CT molecular complexity index is 1490. The van der Waals surface area contributed by atoms with Crippen LogP contribution in [0.2, 0.25) is 0 Å². The third-order valence-electron chi connectivity index (χ3n) is 4.87. The highest BCUT2D eigenvalue weighted by molar-refractivity contribution is 7.99. The summed E-state index contributed by atoms with van der Waals surface area (Å²) < 4.78 is 0. The van der Waals surface area contributed by atoms with Crippen molar-refractivity contribution >= 4 is 46.8 Å². The molecule has 10 heteroatoms. The Morgan fingerprint density at radius 2 is 1.36 bits per heavy atom. The summed E-state index contributed by atoms with van der Waals surface area (Å²) in [4.78, 5) is 25.0. The summed E-state index contributed by atoms with van der Waals surface area (Å²) in [5.41, 5.74) is 0.304. The van der Waals surface area contributed by atoms with E-state index in [4.69, 9.17) is 0 Å². The molecule has 0 fully saturated rings. The molecule has 0 aliphatic rings. The summed E-state index contributed by atoms with van der Waals surface area (Å²) >= 11 is 2.06. The van der Waals surface area contributed by atoms with E-state index in [0.29, 0.717) is 19.5 Å². The molecule has 4 rings (SSSR count). The van der Waals surface area contributed by atoms with Gasteiger partial charge in [-0.15, -0.1) is 0 Å². The van der Waals surface area contributed by atoms with Crippen LogP contribution in [0.3, 0.4) is 0 Å². The van der Waals surface area contributed by atoms with Gasteiger partial charge in [-0.2, -0.15) is 0 Å². The van der Waals surface area contributed by atoms with Crippen molar-refractivity contribution in [2.24, 2.45) is 5.11 Å². The van der Waals surface area contributed by atoms with Gasteiger partial charge in [0.1, 0.15) is 5.69 Å². The van der Waals surface area contributed by atoms with E-state index in [1.165, 1.54) is 36.4 Å². The van der Waals surface area contributed by atoms with Gasteiger partial charge in [-0.1, -0.05) is 77.8 Å². The molecule has 0 spiro atoms. The molecule has 0 amide bonds. The van der Waals surface area contributed by atoms with Crippen molar-refractivity contribution in [2.75, 3.05) is 0 Å². The van der Waals surface area contributed by atoms with Gasteiger partial charge in [-0.3, -0.25) is 0 Å². The van der Waals surface area contributed by atoms with Crippen molar-refractivity contribution in [3.63, 3.8) is 0 Å². The van der Waals surface area contributed by atoms with Crippen molar-refractivity contribution in [2.45, 2.75) is 19.6 Å². The lowest BCUT2D eigenvalue weighted by atomic mass is 10.2. The molecule has 0 saturated heterocycles. The number of azo groups is 1. The van der Waals surface area contributed by atoms with Gasteiger partial charge in [-0.25, -0.2) is 4.79 Å². The summed E-state index contributed by atoms with van der Waals surface area (Å²) in [7, 11) is 0. The molecule has 0 saturated carbocycles. The predicted octanol–water partition coefficient (Wildman–Crippen LogP) is 5.05. The van der Waals surface area contributed by atoms with Gasteiger partial charge in [0, 0.05) is 31.4 Å². The second kappa shape index (κ2) is 11.0. The molecule has 0 aliphatic carbocycles. The topological polar surface area (TPSA) is 139 Å². The number of benzene rings is 4. The van der Waals surface area contributed by atoms with E-state index in [1.807, 2.05) is 0 Å². The summed E-state index contributed by atoms with van der Waals surface area (Å²) in [6, 6.07) is 23.2. The summed E-state index contributed by atoms with van der Waals surface area (Å²) in [6.45, 7) is 0. The van der Waals surface area contributed by atoms with Crippen molar-refractivity contribution in [3.05, 3.63) is 107 Å². The number of carbonyl (C=O) groups is 2. The number of nitrogens with zero attached hydrogens (tertiary/aromatic N) is 2. The largest absolute Gasteiger partial charge is 0.872 e. The zero-order valence-electron chi connectivity index (χ0n) is 18.4. The van der Waals surface area contributed by atoms with Crippen LogP contribution in [0.15, 0.2) is 116 Å². The molecule has 0 bridgehead atoms. The lowest BCUT2D eigenvalue weighted by molar-refractivity contribution is -0.438. The summed E-state index contributed by atoms with van der Waals surface area (Å²) in [5, 5.41) is 50.2. The van der Waals surface area contributed by atoms with Gasteiger partial charge in [0.2, 0.25) is 0 Å². The van der Waals surface area contributed by atoms with Gasteiger partial charge in [0.05, 0.1) is 16.4 Å². The van der Waals surface area contributed by atoms with Crippen molar-refractivity contribution < 1.29 is 29.8 Å². The van der Waals surface area contributed by atoms with E-state index in [0.717, 1.165) is 23.5 Å². The highest BCUT2D eigenvalue weighted by Gasteiger charge is 2.17. The number of hydrogen-bond donors (Lipinski definition) is 1. The van der Waals surface area contributed by atoms with E-state index in [2.05, 4.69) is 5.11 Å². The lowest BCUT2D eigenvalue weighted by Crippen LogP contribution is -2.22. The van der Waals surface area contributed by atoms with Gasteiger partial charge < -0.3 is 25.3 Å². The zero-order chi connectivity index (χ0) is 25.7. The molecule has 0 unspecified atom stereocenters. The number of carbonyl (C=O) groups excluding carboxylic acids is 1. The Hall–Kier alpha value is -4.28. The minimum atomic E-state index is -1.33. The maximum absolute atomic E-state index is 13.0. The van der Waals surface area contributed by atoms with Crippen molar-refractivity contribution in [1.82, 2.24) is 0 Å². The number of rotatable bonds is 8. The summed E-state index contributed by atoms with van der Waals surface area (Å²) in [6.07, 6.45) is 0. The van der Waals surface area contributed by atoms with Gasteiger partial charge in [0.25, 0.3) is 5.69 Å². The monoisotopic (exact) mass is 516 g/mol. The fourth-order valence-corrected chi connectivity index (χ4v) is 5.23. The Morgan fingerprint density at radius 1 is 0.750 bits per heavy atom. The third kappa shape index (κ3) is 5.68. The lowest BCUT2D eigenvalue weighted by Gasteiger charge is -2.13. The second-order valence-electron chi connectivity index (χ2n) is 7.26. The Balaban J connectivity index is 1.70. The van der Waals surface area contributed by atoms with Gasteiger partial charge in [-0.05, 0) is 41.3 Å². The molecule has 180 valence electrons. The normalized spacial score (nSPS) is 11.3. The third-order valence-corrected chi connectivity index (χ3v) is 7.13. The molecular formula is C26H16N2O6S2-2. The first kappa shape index (κ1) is 24.8. The highest BCUT2D eigenvalue weighted by atomic mass is 32.2. The first-order chi connectivity index (χ1) is 17.3. The molecule has 36 heavy (non-hydrogen) atoms. The van der Waals surface area contributed by atoms with E-state index in [-0.39, 0.29) is 33.1 Å². The van der Waals surface area contributed by atoms with Gasteiger partial charge >= 0.3 is 5.97 Å². The molecule has 0 heterocycles. The Morgan fingerprint density at radius 3 is 2.06 bits per heavy atom. The van der Waals surface area contributed by atoms with Crippen molar-refractivity contribution in [1.29, 1.82) is 0 Å². The Labute approximate surface area is 214 Å². The average Bonchev–Trinajstić information content (AvgIpc) is 2.86. The van der Waals surface area contributed by atoms with Crippen LogP contribution in [0, 0.1) is 5.21 Å². The number of carboxylic acids is 2. The summed E-state index contributed by atoms with van der Waals surface area (Å²) in [5.74, 6) is -2.77. The molecule has 4 aromatic rings. The molecular weight excluding hydrogens is 500 g/mol. The van der Waals surface area contributed by atoms with Crippen LogP contribution >= 0.6 is 23.5 Å². The van der Waals surface area contributed by atoms with Gasteiger partial charge in [0.15, 0.2) is 0 Å². The van der Waals surface area contributed by atoms with Crippen LogP contribution in [0.4, 0.5) is 11.4 Å².